The normalized spacial score (nSPS) is 11.5. The second-order valence-corrected chi connectivity index (χ2v) is 8.37. The number of aromatic amines is 2. The van der Waals surface area contributed by atoms with Gasteiger partial charge in [-0.05, 0) is 59.6 Å². The number of nitrogens with one attached hydrogen (secondary N) is 3. The van der Waals surface area contributed by atoms with Crippen molar-refractivity contribution in [2.45, 2.75) is 13.5 Å². The highest BCUT2D eigenvalue weighted by atomic mass is 19.1. The first-order valence-electron chi connectivity index (χ1n) is 11.4. The first kappa shape index (κ1) is 21.1. The van der Waals surface area contributed by atoms with Gasteiger partial charge in [-0.25, -0.2) is 14.4 Å². The van der Waals surface area contributed by atoms with Crippen LogP contribution in [0.15, 0.2) is 73.3 Å². The fourth-order valence-corrected chi connectivity index (χ4v) is 4.31. The summed E-state index contributed by atoms with van der Waals surface area (Å²) in [6, 6.07) is 14.6. The zero-order valence-electron chi connectivity index (χ0n) is 19.0. The molecule has 3 N–H and O–H groups in total. The Morgan fingerprint density at radius 3 is 2.57 bits per heavy atom. The molecule has 6 aromatic rings. The van der Waals surface area contributed by atoms with Crippen LogP contribution in [0.5, 0.6) is 0 Å². The Kier molecular flexibility index (Phi) is 5.27. The summed E-state index contributed by atoms with van der Waals surface area (Å²) in [5, 5.41) is 12.7. The fourth-order valence-electron chi connectivity index (χ4n) is 4.31. The number of benzene rings is 1. The van der Waals surface area contributed by atoms with Gasteiger partial charge in [-0.3, -0.25) is 10.1 Å². The second-order valence-electron chi connectivity index (χ2n) is 8.37. The lowest BCUT2D eigenvalue weighted by atomic mass is 10.0. The third-order valence-corrected chi connectivity index (χ3v) is 6.07. The molecule has 8 heteroatoms. The topological polar surface area (TPSA) is 95.2 Å². The zero-order chi connectivity index (χ0) is 23.8. The van der Waals surface area contributed by atoms with Gasteiger partial charge in [-0.2, -0.15) is 5.10 Å². The average Bonchev–Trinajstić information content (AvgIpc) is 3.51. The van der Waals surface area contributed by atoms with E-state index in [-0.39, 0.29) is 5.82 Å². The first-order valence-corrected chi connectivity index (χ1v) is 11.4. The van der Waals surface area contributed by atoms with Crippen LogP contribution in [0.25, 0.3) is 55.7 Å². The van der Waals surface area contributed by atoms with E-state index in [9.17, 15) is 4.39 Å². The Morgan fingerprint density at radius 1 is 0.857 bits per heavy atom. The van der Waals surface area contributed by atoms with Crippen molar-refractivity contribution in [2.24, 2.45) is 0 Å². The molecule has 0 aliphatic rings. The molecule has 0 amide bonds. The number of halogens is 1. The van der Waals surface area contributed by atoms with Crippen molar-refractivity contribution >= 4 is 22.1 Å². The summed E-state index contributed by atoms with van der Waals surface area (Å²) in [4.78, 5) is 16.9. The van der Waals surface area contributed by atoms with Crippen molar-refractivity contribution in [3.05, 3.63) is 84.7 Å². The van der Waals surface area contributed by atoms with Crippen molar-refractivity contribution in [1.82, 2.24) is 35.5 Å². The highest BCUT2D eigenvalue weighted by Crippen LogP contribution is 2.34. The molecule has 0 saturated heterocycles. The van der Waals surface area contributed by atoms with Crippen LogP contribution in [-0.4, -0.2) is 36.7 Å². The van der Waals surface area contributed by atoms with Gasteiger partial charge in [0.05, 0.1) is 5.69 Å². The molecule has 0 aliphatic heterocycles. The Morgan fingerprint density at radius 2 is 1.71 bits per heavy atom. The van der Waals surface area contributed by atoms with Gasteiger partial charge in [0.2, 0.25) is 0 Å². The van der Waals surface area contributed by atoms with Crippen LogP contribution in [0.3, 0.4) is 0 Å². The number of rotatable bonds is 6. The van der Waals surface area contributed by atoms with E-state index in [1.54, 1.807) is 18.3 Å². The smallest absolute Gasteiger partial charge is 0.155 e. The van der Waals surface area contributed by atoms with Crippen molar-refractivity contribution in [3.8, 4) is 33.6 Å². The van der Waals surface area contributed by atoms with Crippen LogP contribution in [-0.2, 0) is 6.54 Å². The highest BCUT2D eigenvalue weighted by Gasteiger charge is 2.16. The molecule has 0 bridgehead atoms. The van der Waals surface area contributed by atoms with Gasteiger partial charge in [0, 0.05) is 53.2 Å². The predicted molar refractivity (Wildman–Crippen MR) is 135 cm³/mol. The lowest BCUT2D eigenvalue weighted by molar-refractivity contribution is 0.628. The number of aromatic nitrogens is 6. The summed E-state index contributed by atoms with van der Waals surface area (Å²) < 4.78 is 13.4. The van der Waals surface area contributed by atoms with Crippen LogP contribution in [0.2, 0.25) is 0 Å². The zero-order valence-corrected chi connectivity index (χ0v) is 19.0. The molecule has 0 unspecified atom stereocenters. The third kappa shape index (κ3) is 3.94. The summed E-state index contributed by atoms with van der Waals surface area (Å²) >= 11 is 0. The standard InChI is InChI=1S/C27H22FN7/c1-2-29-12-16-9-18(14-30-13-16)19-10-23-25(34-35-27(23)32-15-19)24-11-22-21(7-8-31-26(22)33-24)17-3-5-20(28)6-4-17/h3-11,13-15,29H,2,12H2,1H3,(H,31,33)(H,32,34,35). The van der Waals surface area contributed by atoms with Gasteiger partial charge >= 0.3 is 0 Å². The summed E-state index contributed by atoms with van der Waals surface area (Å²) in [5.74, 6) is -0.262. The minimum atomic E-state index is -0.262. The van der Waals surface area contributed by atoms with Crippen molar-refractivity contribution in [3.63, 3.8) is 0 Å². The first-order chi connectivity index (χ1) is 17.2. The Bertz CT molecular complexity index is 1650. The Labute approximate surface area is 200 Å². The van der Waals surface area contributed by atoms with Gasteiger partial charge < -0.3 is 10.3 Å². The molecule has 0 aliphatic carbocycles. The van der Waals surface area contributed by atoms with E-state index in [1.165, 1.54) is 12.1 Å². The monoisotopic (exact) mass is 463 g/mol. The quantitative estimate of drug-likeness (QED) is 0.304. The van der Waals surface area contributed by atoms with E-state index < -0.39 is 0 Å². The number of nitrogens with zero attached hydrogens (tertiary/aromatic N) is 4. The van der Waals surface area contributed by atoms with Crippen LogP contribution >= 0.6 is 0 Å². The van der Waals surface area contributed by atoms with Gasteiger partial charge in [-0.1, -0.05) is 19.1 Å². The van der Waals surface area contributed by atoms with Crippen molar-refractivity contribution in [2.75, 3.05) is 6.54 Å². The van der Waals surface area contributed by atoms with Crippen LogP contribution in [0.1, 0.15) is 12.5 Å². The van der Waals surface area contributed by atoms with E-state index in [0.29, 0.717) is 5.65 Å². The molecule has 35 heavy (non-hydrogen) atoms. The molecular formula is C27H22FN7. The molecule has 6 rings (SSSR count). The van der Waals surface area contributed by atoms with Crippen LogP contribution in [0.4, 0.5) is 4.39 Å². The molecule has 0 atom stereocenters. The molecule has 5 heterocycles. The number of fused-ring (bicyclic) bond motifs is 2. The number of hydrogen-bond donors (Lipinski definition) is 3. The number of H-pyrrole nitrogens is 2. The van der Waals surface area contributed by atoms with Gasteiger partial charge in [0.25, 0.3) is 0 Å². The third-order valence-electron chi connectivity index (χ3n) is 6.07. The lowest BCUT2D eigenvalue weighted by Gasteiger charge is -2.05. The lowest BCUT2D eigenvalue weighted by Crippen LogP contribution is -2.11. The Balaban J connectivity index is 1.43. The maximum atomic E-state index is 13.4. The minimum Gasteiger partial charge on any atom is -0.338 e. The number of hydrogen-bond acceptors (Lipinski definition) is 5. The summed E-state index contributed by atoms with van der Waals surface area (Å²) in [7, 11) is 0. The van der Waals surface area contributed by atoms with Gasteiger partial charge in [0.1, 0.15) is 17.2 Å². The van der Waals surface area contributed by atoms with Gasteiger partial charge in [0.15, 0.2) is 5.65 Å². The van der Waals surface area contributed by atoms with Gasteiger partial charge in [-0.15, -0.1) is 0 Å². The molecular weight excluding hydrogens is 441 g/mol. The van der Waals surface area contributed by atoms with E-state index in [2.05, 4.69) is 54.5 Å². The molecule has 0 radical (unpaired) electrons. The Hall–Kier alpha value is -4.43. The maximum Gasteiger partial charge on any atom is 0.155 e. The predicted octanol–water partition coefficient (Wildman–Crippen LogP) is 5.48. The summed E-state index contributed by atoms with van der Waals surface area (Å²) in [6.07, 6.45) is 7.30. The summed E-state index contributed by atoms with van der Waals surface area (Å²) in [5.41, 5.74) is 8.00. The molecule has 0 fully saturated rings. The van der Waals surface area contributed by atoms with E-state index in [4.69, 9.17) is 0 Å². The molecule has 5 aromatic heterocycles. The second kappa shape index (κ2) is 8.73. The largest absolute Gasteiger partial charge is 0.338 e. The van der Waals surface area contributed by atoms with E-state index in [0.717, 1.165) is 68.7 Å². The number of pyridine rings is 3. The maximum absolute atomic E-state index is 13.4. The molecule has 0 spiro atoms. The van der Waals surface area contributed by atoms with E-state index in [1.807, 2.05) is 30.7 Å². The molecule has 1 aromatic carbocycles. The van der Waals surface area contributed by atoms with Crippen molar-refractivity contribution in [1.29, 1.82) is 0 Å². The highest BCUT2D eigenvalue weighted by molar-refractivity contribution is 5.99. The van der Waals surface area contributed by atoms with Crippen LogP contribution < -0.4 is 5.32 Å². The fraction of sp³-hybridized carbons (Fsp3) is 0.111. The average molecular weight is 464 g/mol. The minimum absolute atomic E-state index is 0.262. The van der Waals surface area contributed by atoms with Crippen LogP contribution in [0, 0.1) is 5.82 Å². The SMILES string of the molecule is CCNCc1cncc(-c2cnc3[nH]nc(-c4cc5c(-c6ccc(F)cc6)ccnc5[nH]4)c3c2)c1. The summed E-state index contributed by atoms with van der Waals surface area (Å²) in [6.45, 7) is 3.75. The van der Waals surface area contributed by atoms with Crippen molar-refractivity contribution < 1.29 is 4.39 Å². The molecule has 0 saturated carbocycles. The van der Waals surface area contributed by atoms with E-state index >= 15 is 0 Å². The molecule has 172 valence electrons. The molecule has 7 nitrogen and oxygen atoms in total.